The van der Waals surface area contributed by atoms with Crippen molar-refractivity contribution in [2.45, 2.75) is 13.3 Å². The standard InChI is InChI=1S/C20H18O5/c1-3-13-4-6-14(7-5-13)10-18-20(22)16-9-8-15(11-17(16)25-18)24-19(21)12-23-2/h4-11H,3,12H2,1-2H3/b18-10-. The quantitative estimate of drug-likeness (QED) is 0.475. The summed E-state index contributed by atoms with van der Waals surface area (Å²) in [6.07, 6.45) is 2.67. The van der Waals surface area contributed by atoms with Crippen molar-refractivity contribution in [2.75, 3.05) is 13.7 Å². The van der Waals surface area contributed by atoms with Crippen molar-refractivity contribution in [1.29, 1.82) is 0 Å². The van der Waals surface area contributed by atoms with Gasteiger partial charge in [0, 0.05) is 13.2 Å². The summed E-state index contributed by atoms with van der Waals surface area (Å²) in [4.78, 5) is 23.9. The third-order valence-corrected chi connectivity index (χ3v) is 3.82. The fraction of sp³-hybridized carbons (Fsp3) is 0.200. The summed E-state index contributed by atoms with van der Waals surface area (Å²) in [7, 11) is 1.41. The molecular formula is C20H18O5. The first kappa shape index (κ1) is 16.9. The highest BCUT2D eigenvalue weighted by molar-refractivity contribution is 6.14. The fourth-order valence-electron chi connectivity index (χ4n) is 2.51. The number of rotatable bonds is 5. The monoisotopic (exact) mass is 338 g/mol. The zero-order chi connectivity index (χ0) is 17.8. The van der Waals surface area contributed by atoms with Gasteiger partial charge in [-0.2, -0.15) is 0 Å². The van der Waals surface area contributed by atoms with Gasteiger partial charge in [-0.15, -0.1) is 0 Å². The lowest BCUT2D eigenvalue weighted by molar-refractivity contribution is -0.138. The largest absolute Gasteiger partial charge is 0.452 e. The van der Waals surface area contributed by atoms with E-state index in [2.05, 4.69) is 6.92 Å². The van der Waals surface area contributed by atoms with E-state index in [4.69, 9.17) is 14.2 Å². The SMILES string of the molecule is CCc1ccc(/C=C2\Oc3cc(OC(=O)COC)ccc3C2=O)cc1. The summed E-state index contributed by atoms with van der Waals surface area (Å²) in [6, 6.07) is 12.6. The van der Waals surface area contributed by atoms with Crippen LogP contribution in [0, 0.1) is 0 Å². The smallest absolute Gasteiger partial charge is 0.337 e. The number of fused-ring (bicyclic) bond motifs is 1. The highest BCUT2D eigenvalue weighted by Crippen LogP contribution is 2.34. The Balaban J connectivity index is 1.80. The van der Waals surface area contributed by atoms with Crippen LogP contribution < -0.4 is 9.47 Å². The van der Waals surface area contributed by atoms with Gasteiger partial charge in [0.15, 0.2) is 5.76 Å². The number of ether oxygens (including phenoxy) is 3. The highest BCUT2D eigenvalue weighted by Gasteiger charge is 2.28. The Morgan fingerprint density at radius 3 is 2.60 bits per heavy atom. The molecule has 25 heavy (non-hydrogen) atoms. The minimum absolute atomic E-state index is 0.143. The van der Waals surface area contributed by atoms with Gasteiger partial charge in [0.1, 0.15) is 18.1 Å². The molecule has 1 aliphatic heterocycles. The average Bonchev–Trinajstić information content (AvgIpc) is 2.91. The molecule has 2 aromatic rings. The minimum Gasteiger partial charge on any atom is -0.452 e. The summed E-state index contributed by atoms with van der Waals surface area (Å²) in [6.45, 7) is 1.94. The van der Waals surface area contributed by atoms with E-state index in [1.54, 1.807) is 18.2 Å². The number of ketones is 1. The molecule has 0 saturated carbocycles. The number of carbonyl (C=O) groups is 2. The molecule has 0 unspecified atom stereocenters. The molecule has 0 radical (unpaired) electrons. The summed E-state index contributed by atoms with van der Waals surface area (Å²) < 4.78 is 15.5. The molecule has 0 spiro atoms. The first-order chi connectivity index (χ1) is 12.1. The van der Waals surface area contributed by atoms with E-state index in [-0.39, 0.29) is 18.1 Å². The fourth-order valence-corrected chi connectivity index (χ4v) is 2.51. The molecule has 1 aliphatic rings. The normalized spacial score (nSPS) is 14.3. The van der Waals surface area contributed by atoms with E-state index in [1.165, 1.54) is 18.7 Å². The molecule has 0 fully saturated rings. The van der Waals surface area contributed by atoms with Gasteiger partial charge in [-0.1, -0.05) is 31.2 Å². The van der Waals surface area contributed by atoms with E-state index < -0.39 is 5.97 Å². The van der Waals surface area contributed by atoms with Crippen LogP contribution in [0.4, 0.5) is 0 Å². The molecule has 0 amide bonds. The molecule has 3 rings (SSSR count). The van der Waals surface area contributed by atoms with Gasteiger partial charge in [0.25, 0.3) is 0 Å². The van der Waals surface area contributed by atoms with Crippen molar-refractivity contribution in [3.63, 3.8) is 0 Å². The maximum absolute atomic E-state index is 12.4. The summed E-state index contributed by atoms with van der Waals surface area (Å²) in [5.74, 6) is 0.230. The molecule has 0 N–H and O–H groups in total. The molecule has 0 saturated heterocycles. The zero-order valence-electron chi connectivity index (χ0n) is 14.1. The molecule has 0 bridgehead atoms. The number of hydrogen-bond donors (Lipinski definition) is 0. The third-order valence-electron chi connectivity index (χ3n) is 3.82. The molecule has 128 valence electrons. The number of Topliss-reactive ketones (excluding diaryl/α,β-unsaturated/α-hetero) is 1. The van der Waals surface area contributed by atoms with Gasteiger partial charge in [-0.05, 0) is 35.8 Å². The second-order valence-corrected chi connectivity index (χ2v) is 5.60. The van der Waals surface area contributed by atoms with E-state index >= 15 is 0 Å². The van der Waals surface area contributed by atoms with Gasteiger partial charge >= 0.3 is 5.97 Å². The van der Waals surface area contributed by atoms with Crippen LogP contribution in [0.5, 0.6) is 11.5 Å². The van der Waals surface area contributed by atoms with E-state index in [0.29, 0.717) is 17.1 Å². The van der Waals surface area contributed by atoms with Gasteiger partial charge in [-0.3, -0.25) is 4.79 Å². The van der Waals surface area contributed by atoms with Crippen molar-refractivity contribution in [3.8, 4) is 11.5 Å². The predicted octanol–water partition coefficient (Wildman–Crippen LogP) is 3.42. The van der Waals surface area contributed by atoms with Gasteiger partial charge in [0.2, 0.25) is 5.78 Å². The second kappa shape index (κ2) is 7.32. The van der Waals surface area contributed by atoms with Crippen molar-refractivity contribution in [3.05, 3.63) is 64.9 Å². The van der Waals surface area contributed by atoms with Crippen molar-refractivity contribution in [1.82, 2.24) is 0 Å². The van der Waals surface area contributed by atoms with Crippen LogP contribution in [0.1, 0.15) is 28.4 Å². The number of hydrogen-bond acceptors (Lipinski definition) is 5. The highest BCUT2D eigenvalue weighted by atomic mass is 16.6. The third kappa shape index (κ3) is 3.78. The Morgan fingerprint density at radius 2 is 1.92 bits per heavy atom. The van der Waals surface area contributed by atoms with Gasteiger partial charge < -0.3 is 14.2 Å². The topological polar surface area (TPSA) is 61.8 Å². The average molecular weight is 338 g/mol. The number of esters is 1. The van der Waals surface area contributed by atoms with Crippen LogP contribution in [-0.4, -0.2) is 25.5 Å². The van der Waals surface area contributed by atoms with Crippen LogP contribution in [0.3, 0.4) is 0 Å². The van der Waals surface area contributed by atoms with Crippen LogP contribution in [0.15, 0.2) is 48.2 Å². The Morgan fingerprint density at radius 1 is 1.16 bits per heavy atom. The predicted molar refractivity (Wildman–Crippen MR) is 92.7 cm³/mol. The molecule has 1 heterocycles. The van der Waals surface area contributed by atoms with Crippen LogP contribution in [-0.2, 0) is 16.0 Å². The minimum atomic E-state index is -0.515. The van der Waals surface area contributed by atoms with E-state index in [1.807, 2.05) is 24.3 Å². The van der Waals surface area contributed by atoms with E-state index in [9.17, 15) is 9.59 Å². The number of allylic oxidation sites excluding steroid dienone is 1. The molecule has 0 aliphatic carbocycles. The molecule has 0 atom stereocenters. The summed E-state index contributed by atoms with van der Waals surface area (Å²) in [5.41, 5.74) is 2.56. The lowest BCUT2D eigenvalue weighted by Crippen LogP contribution is -2.14. The molecule has 2 aromatic carbocycles. The van der Waals surface area contributed by atoms with Crippen LogP contribution in [0.2, 0.25) is 0 Å². The second-order valence-electron chi connectivity index (χ2n) is 5.60. The van der Waals surface area contributed by atoms with Crippen LogP contribution in [0.25, 0.3) is 6.08 Å². The number of methoxy groups -OCH3 is 1. The number of carbonyl (C=O) groups excluding carboxylic acids is 2. The Bertz CT molecular complexity index is 834. The lowest BCUT2D eigenvalue weighted by atomic mass is 10.1. The summed E-state index contributed by atoms with van der Waals surface area (Å²) in [5, 5.41) is 0. The maximum Gasteiger partial charge on any atom is 0.337 e. The van der Waals surface area contributed by atoms with Crippen LogP contribution >= 0.6 is 0 Å². The summed E-state index contributed by atoms with van der Waals surface area (Å²) >= 11 is 0. The number of benzene rings is 2. The van der Waals surface area contributed by atoms with Crippen molar-refractivity contribution < 1.29 is 23.8 Å². The molecule has 5 heteroatoms. The van der Waals surface area contributed by atoms with Gasteiger partial charge in [0.05, 0.1) is 5.56 Å². The Labute approximate surface area is 145 Å². The van der Waals surface area contributed by atoms with Crippen molar-refractivity contribution >= 4 is 17.8 Å². The maximum atomic E-state index is 12.4. The van der Waals surface area contributed by atoms with Gasteiger partial charge in [-0.25, -0.2) is 4.79 Å². The molecule has 0 aromatic heterocycles. The molecule has 5 nitrogen and oxygen atoms in total. The molecular weight excluding hydrogens is 320 g/mol. The number of aryl methyl sites for hydroxylation is 1. The van der Waals surface area contributed by atoms with Crippen molar-refractivity contribution in [2.24, 2.45) is 0 Å². The first-order valence-electron chi connectivity index (χ1n) is 7.97. The Kier molecular flexibility index (Phi) is 4.95. The zero-order valence-corrected chi connectivity index (χ0v) is 14.1. The lowest BCUT2D eigenvalue weighted by Gasteiger charge is -2.04. The van der Waals surface area contributed by atoms with E-state index in [0.717, 1.165) is 12.0 Å². The first-order valence-corrected chi connectivity index (χ1v) is 7.97. The Hall–Kier alpha value is -2.92.